The molecule has 0 amide bonds. The van der Waals surface area contributed by atoms with E-state index in [2.05, 4.69) is 41.5 Å². The molecule has 1 heterocycles. The molecule has 0 saturated carbocycles. The van der Waals surface area contributed by atoms with Gasteiger partial charge in [0.1, 0.15) is 11.4 Å². The Morgan fingerprint density at radius 3 is 2.53 bits per heavy atom. The summed E-state index contributed by atoms with van der Waals surface area (Å²) in [4.78, 5) is 1.62. The molecule has 2 aromatic rings. The van der Waals surface area contributed by atoms with Crippen molar-refractivity contribution in [1.82, 2.24) is 20.3 Å². The molecule has 0 aliphatic rings. The van der Waals surface area contributed by atoms with E-state index in [-0.39, 0.29) is 0 Å². The van der Waals surface area contributed by atoms with E-state index in [4.69, 9.17) is 0 Å². The Kier molecular flexibility index (Phi) is 3.54. The first-order valence-electron chi connectivity index (χ1n) is 5.86. The molecule has 0 fully saturated rings. The lowest BCUT2D eigenvalue weighted by atomic mass is 10.1. The van der Waals surface area contributed by atoms with Crippen LogP contribution in [0, 0.1) is 0 Å². The van der Waals surface area contributed by atoms with Crippen molar-refractivity contribution in [3.8, 4) is 11.3 Å². The van der Waals surface area contributed by atoms with Gasteiger partial charge in [-0.3, -0.25) is 0 Å². The summed E-state index contributed by atoms with van der Waals surface area (Å²) in [5.74, 6) is 0. The summed E-state index contributed by atoms with van der Waals surface area (Å²) in [6, 6.07) is 10.6. The summed E-state index contributed by atoms with van der Waals surface area (Å²) in [5.41, 5.74) is 3.06. The van der Waals surface area contributed by atoms with Crippen LogP contribution in [-0.4, -0.2) is 21.0 Å². The van der Waals surface area contributed by atoms with Gasteiger partial charge in [-0.15, -0.1) is 0 Å². The minimum atomic E-state index is 0.445. The van der Waals surface area contributed by atoms with Crippen molar-refractivity contribution < 1.29 is 0 Å². The van der Waals surface area contributed by atoms with E-state index in [1.807, 2.05) is 25.2 Å². The van der Waals surface area contributed by atoms with Crippen molar-refractivity contribution in [1.29, 1.82) is 0 Å². The highest BCUT2D eigenvalue weighted by Gasteiger charge is 2.11. The highest BCUT2D eigenvalue weighted by Crippen LogP contribution is 2.19. The zero-order valence-electron chi connectivity index (χ0n) is 10.5. The summed E-state index contributed by atoms with van der Waals surface area (Å²) >= 11 is 0. The molecule has 0 spiro atoms. The first-order chi connectivity index (χ1) is 8.16. The molecule has 1 aromatic carbocycles. The molecule has 0 radical (unpaired) electrons. The average Bonchev–Trinajstić information content (AvgIpc) is 2.69. The van der Waals surface area contributed by atoms with E-state index in [1.54, 1.807) is 4.80 Å². The number of hydrogen-bond acceptors (Lipinski definition) is 3. The number of aromatic nitrogens is 3. The van der Waals surface area contributed by atoms with Crippen LogP contribution in [0.4, 0.5) is 0 Å². The van der Waals surface area contributed by atoms with Crippen LogP contribution in [0.5, 0.6) is 0 Å². The van der Waals surface area contributed by atoms with Gasteiger partial charge in [-0.25, -0.2) is 0 Å². The maximum atomic E-state index is 4.42. The van der Waals surface area contributed by atoms with Crippen LogP contribution in [0.2, 0.25) is 0 Å². The molecule has 0 atom stereocenters. The topological polar surface area (TPSA) is 42.7 Å². The van der Waals surface area contributed by atoms with Crippen LogP contribution in [0.1, 0.15) is 19.5 Å². The smallest absolute Gasteiger partial charge is 0.117 e. The quantitative estimate of drug-likeness (QED) is 0.873. The van der Waals surface area contributed by atoms with E-state index in [9.17, 15) is 0 Å². The summed E-state index contributed by atoms with van der Waals surface area (Å²) in [6.07, 6.45) is 0. The molecular formula is C13H18N4. The van der Waals surface area contributed by atoms with Crippen LogP contribution in [0.3, 0.4) is 0 Å². The molecular weight excluding hydrogens is 212 g/mol. The minimum absolute atomic E-state index is 0.445. The molecule has 4 nitrogen and oxygen atoms in total. The Labute approximate surface area is 102 Å². The van der Waals surface area contributed by atoms with Gasteiger partial charge in [-0.2, -0.15) is 15.0 Å². The number of rotatable bonds is 4. The Bertz CT molecular complexity index is 473. The van der Waals surface area contributed by atoms with Gasteiger partial charge in [0.25, 0.3) is 0 Å². The molecule has 0 aliphatic heterocycles. The zero-order valence-corrected chi connectivity index (χ0v) is 10.5. The largest absolute Gasteiger partial charge is 0.309 e. The van der Waals surface area contributed by atoms with Gasteiger partial charge in [0.05, 0.1) is 0 Å². The number of benzene rings is 1. The second kappa shape index (κ2) is 5.10. The van der Waals surface area contributed by atoms with Gasteiger partial charge in [-0.05, 0) is 0 Å². The molecule has 2 rings (SSSR count). The molecule has 17 heavy (non-hydrogen) atoms. The predicted molar refractivity (Wildman–Crippen MR) is 68.4 cm³/mol. The Balaban J connectivity index is 2.28. The molecule has 90 valence electrons. The van der Waals surface area contributed by atoms with Crippen LogP contribution in [-0.2, 0) is 13.6 Å². The third-order valence-electron chi connectivity index (χ3n) is 2.51. The fraction of sp³-hybridized carbons (Fsp3) is 0.385. The number of hydrogen-bond donors (Lipinski definition) is 1. The van der Waals surface area contributed by atoms with E-state index in [1.165, 1.54) is 0 Å². The second-order valence-electron chi connectivity index (χ2n) is 4.39. The zero-order chi connectivity index (χ0) is 12.3. The Hall–Kier alpha value is -1.68. The molecule has 1 aromatic heterocycles. The lowest BCUT2D eigenvalue weighted by Gasteiger charge is -2.06. The predicted octanol–water partition coefficient (Wildman–Crippen LogP) is 1.98. The molecule has 4 heteroatoms. The van der Waals surface area contributed by atoms with Gasteiger partial charge in [0.2, 0.25) is 0 Å². The summed E-state index contributed by atoms with van der Waals surface area (Å²) in [7, 11) is 1.85. The molecule has 0 saturated heterocycles. The summed E-state index contributed by atoms with van der Waals surface area (Å²) < 4.78 is 0. The van der Waals surface area contributed by atoms with E-state index in [0.29, 0.717) is 6.04 Å². The van der Waals surface area contributed by atoms with Gasteiger partial charge < -0.3 is 5.32 Å². The molecule has 1 N–H and O–H groups in total. The standard InChI is InChI=1S/C13H18N4/c1-10(2)14-9-12-13(16-17(3)15-12)11-7-5-4-6-8-11/h4-8,10,14H,9H2,1-3H3. The average molecular weight is 230 g/mol. The fourth-order valence-electron chi connectivity index (χ4n) is 1.69. The number of aryl methyl sites for hydroxylation is 1. The van der Waals surface area contributed by atoms with Crippen molar-refractivity contribution >= 4 is 0 Å². The third-order valence-corrected chi connectivity index (χ3v) is 2.51. The maximum absolute atomic E-state index is 4.42. The van der Waals surface area contributed by atoms with Gasteiger partial charge in [-0.1, -0.05) is 44.2 Å². The van der Waals surface area contributed by atoms with Crippen molar-refractivity contribution in [2.45, 2.75) is 26.4 Å². The highest BCUT2D eigenvalue weighted by molar-refractivity contribution is 5.60. The van der Waals surface area contributed by atoms with Gasteiger partial charge in [0.15, 0.2) is 0 Å². The van der Waals surface area contributed by atoms with Crippen molar-refractivity contribution in [3.05, 3.63) is 36.0 Å². The van der Waals surface area contributed by atoms with Crippen molar-refractivity contribution in [2.24, 2.45) is 7.05 Å². The van der Waals surface area contributed by atoms with Gasteiger partial charge >= 0.3 is 0 Å². The van der Waals surface area contributed by atoms with Crippen LogP contribution >= 0.6 is 0 Å². The van der Waals surface area contributed by atoms with E-state index >= 15 is 0 Å². The minimum Gasteiger partial charge on any atom is -0.309 e. The summed E-state index contributed by atoms with van der Waals surface area (Å²) in [5, 5.41) is 12.2. The molecule has 0 unspecified atom stereocenters. The number of nitrogens with zero attached hydrogens (tertiary/aromatic N) is 3. The Morgan fingerprint density at radius 1 is 1.18 bits per heavy atom. The third kappa shape index (κ3) is 2.91. The first-order valence-corrected chi connectivity index (χ1v) is 5.86. The number of nitrogens with one attached hydrogen (secondary N) is 1. The monoisotopic (exact) mass is 230 g/mol. The Morgan fingerprint density at radius 2 is 1.88 bits per heavy atom. The lowest BCUT2D eigenvalue weighted by Crippen LogP contribution is -2.22. The normalized spacial score (nSPS) is 11.1. The second-order valence-corrected chi connectivity index (χ2v) is 4.39. The summed E-state index contributed by atoms with van der Waals surface area (Å²) in [6.45, 7) is 4.99. The van der Waals surface area contributed by atoms with Crippen LogP contribution < -0.4 is 5.32 Å². The lowest BCUT2D eigenvalue weighted by molar-refractivity contribution is 0.570. The first kappa shape index (κ1) is 11.8. The van der Waals surface area contributed by atoms with Crippen molar-refractivity contribution in [3.63, 3.8) is 0 Å². The highest BCUT2D eigenvalue weighted by atomic mass is 15.5. The SMILES string of the molecule is CC(C)NCc1nn(C)nc1-c1ccccc1. The fourth-order valence-corrected chi connectivity index (χ4v) is 1.69. The molecule has 0 aliphatic carbocycles. The maximum Gasteiger partial charge on any atom is 0.117 e. The van der Waals surface area contributed by atoms with E-state index < -0.39 is 0 Å². The van der Waals surface area contributed by atoms with Gasteiger partial charge in [0, 0.05) is 25.2 Å². The van der Waals surface area contributed by atoms with Crippen LogP contribution in [0.15, 0.2) is 30.3 Å². The molecule has 0 bridgehead atoms. The van der Waals surface area contributed by atoms with Crippen molar-refractivity contribution in [2.75, 3.05) is 0 Å². The van der Waals surface area contributed by atoms with Crippen LogP contribution in [0.25, 0.3) is 11.3 Å². The van der Waals surface area contributed by atoms with E-state index in [0.717, 1.165) is 23.5 Å².